The number of hydrogen-bond donors (Lipinski definition) is 1. The van der Waals surface area contributed by atoms with E-state index >= 15 is 0 Å². The molecule has 0 bridgehead atoms. The third-order valence-corrected chi connectivity index (χ3v) is 4.19. The lowest BCUT2D eigenvalue weighted by molar-refractivity contribution is 0.0899. The summed E-state index contributed by atoms with van der Waals surface area (Å²) in [5.74, 6) is -2.73. The van der Waals surface area contributed by atoms with Gasteiger partial charge in [-0.15, -0.1) is 11.3 Å². The summed E-state index contributed by atoms with van der Waals surface area (Å²) >= 11 is 1.36. The average molecular weight is 225 g/mol. The first-order chi connectivity index (χ1) is 7.03. The van der Waals surface area contributed by atoms with Gasteiger partial charge in [-0.3, -0.25) is 0 Å². The Kier molecular flexibility index (Phi) is 1.58. The van der Waals surface area contributed by atoms with Crippen LogP contribution >= 0.6 is 11.3 Å². The molecule has 1 nitrogen and oxygen atoms in total. The number of alkyl halides is 2. The summed E-state index contributed by atoms with van der Waals surface area (Å²) in [4.78, 5) is 0.591. The molecule has 3 rings (SSSR count). The van der Waals surface area contributed by atoms with Crippen LogP contribution in [-0.2, 0) is 5.54 Å². The molecule has 1 saturated carbocycles. The molecule has 1 fully saturated rings. The van der Waals surface area contributed by atoms with Crippen molar-refractivity contribution < 1.29 is 8.78 Å². The first kappa shape index (κ1) is 9.24. The number of nitrogens with two attached hydrogens (primary N) is 1. The van der Waals surface area contributed by atoms with Crippen molar-refractivity contribution in [3.05, 3.63) is 35.2 Å². The minimum absolute atomic E-state index is 0.229. The summed E-state index contributed by atoms with van der Waals surface area (Å²) in [5.41, 5.74) is 4.26. The zero-order valence-corrected chi connectivity index (χ0v) is 8.65. The minimum Gasteiger partial charge on any atom is -0.316 e. The van der Waals surface area contributed by atoms with E-state index < -0.39 is 11.5 Å². The molecule has 78 valence electrons. The lowest BCUT2D eigenvalue weighted by Gasteiger charge is -2.05. The topological polar surface area (TPSA) is 26.0 Å². The largest absolute Gasteiger partial charge is 0.316 e. The second kappa shape index (κ2) is 2.57. The summed E-state index contributed by atoms with van der Waals surface area (Å²) in [6.45, 7) is 0. The molecule has 2 N–H and O–H groups in total. The Morgan fingerprint density at radius 3 is 2.53 bits per heavy atom. The molecule has 0 aliphatic heterocycles. The summed E-state index contributed by atoms with van der Waals surface area (Å²) in [6.07, 6.45) is -0.229. The molecule has 1 atom stereocenters. The third-order valence-electron chi connectivity index (χ3n) is 2.89. The Labute approximate surface area is 89.5 Å². The van der Waals surface area contributed by atoms with Crippen LogP contribution in [0.3, 0.4) is 0 Å². The van der Waals surface area contributed by atoms with Gasteiger partial charge in [-0.05, 0) is 17.5 Å². The van der Waals surface area contributed by atoms with Crippen molar-refractivity contribution in [1.82, 2.24) is 0 Å². The van der Waals surface area contributed by atoms with E-state index in [1.54, 1.807) is 6.07 Å². The number of halogens is 2. The molecule has 1 aromatic heterocycles. The van der Waals surface area contributed by atoms with Gasteiger partial charge in [0.2, 0.25) is 0 Å². The van der Waals surface area contributed by atoms with Crippen LogP contribution < -0.4 is 5.73 Å². The summed E-state index contributed by atoms with van der Waals surface area (Å²) < 4.78 is 27.2. The van der Waals surface area contributed by atoms with Crippen LogP contribution in [0.2, 0.25) is 0 Å². The Balaban J connectivity index is 2.14. The van der Waals surface area contributed by atoms with E-state index in [1.165, 1.54) is 11.3 Å². The van der Waals surface area contributed by atoms with Gasteiger partial charge in [0.15, 0.2) is 0 Å². The zero-order chi connectivity index (χ0) is 10.7. The van der Waals surface area contributed by atoms with E-state index in [1.807, 2.05) is 24.3 Å². The fourth-order valence-electron chi connectivity index (χ4n) is 1.78. The number of fused-ring (bicyclic) bond motifs is 1. The van der Waals surface area contributed by atoms with Crippen LogP contribution in [0.4, 0.5) is 8.78 Å². The maximum Gasteiger partial charge on any atom is 0.273 e. The molecular formula is C11H9F2NS. The van der Waals surface area contributed by atoms with Crippen molar-refractivity contribution in [1.29, 1.82) is 0 Å². The Morgan fingerprint density at radius 2 is 1.93 bits per heavy atom. The number of rotatable bonds is 1. The van der Waals surface area contributed by atoms with Crippen molar-refractivity contribution in [2.75, 3.05) is 0 Å². The molecule has 0 spiro atoms. The van der Waals surface area contributed by atoms with E-state index in [4.69, 9.17) is 5.73 Å². The lowest BCUT2D eigenvalue weighted by Crippen LogP contribution is -2.25. The van der Waals surface area contributed by atoms with E-state index in [-0.39, 0.29) is 6.42 Å². The molecule has 0 amide bonds. The molecule has 0 radical (unpaired) electrons. The van der Waals surface area contributed by atoms with Gasteiger partial charge in [-0.25, -0.2) is 8.78 Å². The molecule has 1 heterocycles. The standard InChI is InChI=1S/C11H9F2NS/c12-11(13)6-10(11,14)9-5-7-3-1-2-4-8(7)15-9/h1-5H,6,14H2. The Bertz CT molecular complexity index is 501. The van der Waals surface area contributed by atoms with Crippen LogP contribution in [0.25, 0.3) is 10.1 Å². The van der Waals surface area contributed by atoms with Gasteiger partial charge in [0, 0.05) is 16.0 Å². The van der Waals surface area contributed by atoms with Crippen molar-refractivity contribution >= 4 is 21.4 Å². The van der Waals surface area contributed by atoms with Crippen LogP contribution in [-0.4, -0.2) is 5.92 Å². The van der Waals surface area contributed by atoms with E-state index in [0.29, 0.717) is 4.88 Å². The second-order valence-corrected chi connectivity index (χ2v) is 5.08. The molecule has 0 saturated heterocycles. The summed E-state index contributed by atoms with van der Waals surface area (Å²) in [5, 5.41) is 0.991. The highest BCUT2D eigenvalue weighted by molar-refractivity contribution is 7.19. The number of hydrogen-bond acceptors (Lipinski definition) is 2. The molecule has 1 aliphatic rings. The Hall–Kier alpha value is -1.00. The predicted molar refractivity (Wildman–Crippen MR) is 57.3 cm³/mol. The predicted octanol–water partition coefficient (Wildman–Crippen LogP) is 3.09. The van der Waals surface area contributed by atoms with Crippen molar-refractivity contribution in [2.24, 2.45) is 5.73 Å². The van der Waals surface area contributed by atoms with Gasteiger partial charge in [0.1, 0.15) is 5.54 Å². The molecule has 4 heteroatoms. The van der Waals surface area contributed by atoms with Crippen molar-refractivity contribution in [3.63, 3.8) is 0 Å². The summed E-state index contributed by atoms with van der Waals surface area (Å²) in [6, 6.07) is 9.41. The second-order valence-electron chi connectivity index (χ2n) is 4.00. The van der Waals surface area contributed by atoms with Gasteiger partial charge in [-0.1, -0.05) is 18.2 Å². The number of benzene rings is 1. The third kappa shape index (κ3) is 1.15. The first-order valence-corrected chi connectivity index (χ1v) is 5.50. The maximum atomic E-state index is 13.1. The van der Waals surface area contributed by atoms with Gasteiger partial charge in [0.25, 0.3) is 5.92 Å². The summed E-state index contributed by atoms with van der Waals surface area (Å²) in [7, 11) is 0. The molecule has 1 unspecified atom stereocenters. The lowest BCUT2D eigenvalue weighted by atomic mass is 10.2. The van der Waals surface area contributed by atoms with Gasteiger partial charge in [-0.2, -0.15) is 0 Å². The van der Waals surface area contributed by atoms with Crippen molar-refractivity contribution in [3.8, 4) is 0 Å². The molecular weight excluding hydrogens is 216 g/mol. The SMILES string of the molecule is NC1(c2cc3ccccc3s2)CC1(F)F. The molecule has 1 aromatic carbocycles. The fourth-order valence-corrected chi connectivity index (χ4v) is 2.99. The maximum absolute atomic E-state index is 13.1. The minimum atomic E-state index is -2.73. The molecule has 2 aromatic rings. The normalized spacial score (nSPS) is 28.2. The average Bonchev–Trinajstić information content (AvgIpc) is 2.61. The molecule has 15 heavy (non-hydrogen) atoms. The fraction of sp³-hybridized carbons (Fsp3) is 0.273. The van der Waals surface area contributed by atoms with Crippen LogP contribution in [0, 0.1) is 0 Å². The van der Waals surface area contributed by atoms with E-state index in [9.17, 15) is 8.78 Å². The van der Waals surface area contributed by atoms with Gasteiger partial charge >= 0.3 is 0 Å². The van der Waals surface area contributed by atoms with Gasteiger partial charge in [0.05, 0.1) is 0 Å². The van der Waals surface area contributed by atoms with Crippen LogP contribution in [0.15, 0.2) is 30.3 Å². The zero-order valence-electron chi connectivity index (χ0n) is 7.84. The molecule has 1 aliphatic carbocycles. The monoisotopic (exact) mass is 225 g/mol. The quantitative estimate of drug-likeness (QED) is 0.793. The highest BCUT2D eigenvalue weighted by Gasteiger charge is 2.70. The van der Waals surface area contributed by atoms with Crippen LogP contribution in [0.1, 0.15) is 11.3 Å². The van der Waals surface area contributed by atoms with Crippen molar-refractivity contribution in [2.45, 2.75) is 17.9 Å². The first-order valence-electron chi connectivity index (χ1n) is 4.69. The van der Waals surface area contributed by atoms with Gasteiger partial charge < -0.3 is 5.73 Å². The number of thiophene rings is 1. The highest BCUT2D eigenvalue weighted by Crippen LogP contribution is 2.59. The Morgan fingerprint density at radius 1 is 1.27 bits per heavy atom. The van der Waals surface area contributed by atoms with E-state index in [2.05, 4.69) is 0 Å². The highest BCUT2D eigenvalue weighted by atomic mass is 32.1. The van der Waals surface area contributed by atoms with Crippen LogP contribution in [0.5, 0.6) is 0 Å². The smallest absolute Gasteiger partial charge is 0.273 e. The van der Waals surface area contributed by atoms with E-state index in [0.717, 1.165) is 10.1 Å².